The van der Waals surface area contributed by atoms with Crippen LogP contribution in [0.1, 0.15) is 12.5 Å². The fraction of sp³-hybridized carbons (Fsp3) is 0.267. The highest BCUT2D eigenvalue weighted by Crippen LogP contribution is 2.35. The van der Waals surface area contributed by atoms with Gasteiger partial charge in [0.1, 0.15) is 5.82 Å². The van der Waals surface area contributed by atoms with E-state index >= 15 is 0 Å². The van der Waals surface area contributed by atoms with Gasteiger partial charge in [-0.05, 0) is 30.0 Å². The molecule has 3 rings (SSSR count). The van der Waals surface area contributed by atoms with Crippen molar-refractivity contribution in [3.05, 3.63) is 48.2 Å². The van der Waals surface area contributed by atoms with E-state index in [1.165, 1.54) is 11.3 Å². The summed E-state index contributed by atoms with van der Waals surface area (Å²) in [5.41, 5.74) is 9.61. The Labute approximate surface area is 107 Å². The zero-order valence-electron chi connectivity index (χ0n) is 10.5. The molecule has 0 fully saturated rings. The lowest BCUT2D eigenvalue weighted by molar-refractivity contribution is 0.562. The molecule has 3 heteroatoms. The van der Waals surface area contributed by atoms with Gasteiger partial charge in [-0.1, -0.05) is 25.1 Å². The number of nitrogen functional groups attached to an aromatic ring is 1. The zero-order chi connectivity index (χ0) is 12.5. The van der Waals surface area contributed by atoms with Crippen LogP contribution in [0.25, 0.3) is 0 Å². The zero-order valence-corrected chi connectivity index (χ0v) is 10.5. The number of anilines is 3. The molecule has 0 amide bonds. The van der Waals surface area contributed by atoms with Gasteiger partial charge >= 0.3 is 0 Å². The van der Waals surface area contributed by atoms with E-state index in [0.29, 0.717) is 11.7 Å². The minimum Gasteiger partial charge on any atom is -0.384 e. The van der Waals surface area contributed by atoms with Gasteiger partial charge in [-0.25, -0.2) is 4.98 Å². The van der Waals surface area contributed by atoms with Crippen molar-refractivity contribution in [3.63, 3.8) is 0 Å². The Morgan fingerprint density at radius 3 is 2.94 bits per heavy atom. The Kier molecular flexibility index (Phi) is 2.67. The van der Waals surface area contributed by atoms with Crippen LogP contribution in [0.3, 0.4) is 0 Å². The number of hydrogen-bond acceptors (Lipinski definition) is 3. The normalized spacial score (nSPS) is 18.5. The fourth-order valence-corrected chi connectivity index (χ4v) is 2.65. The molecule has 0 radical (unpaired) electrons. The predicted octanol–water partition coefficient (Wildman–Crippen LogP) is 2.99. The molecule has 1 atom stereocenters. The lowest BCUT2D eigenvalue weighted by Gasteiger charge is -2.34. The third-order valence-corrected chi connectivity index (χ3v) is 3.42. The second-order valence-corrected chi connectivity index (χ2v) is 4.99. The van der Waals surface area contributed by atoms with Crippen LogP contribution in [0.4, 0.5) is 17.2 Å². The van der Waals surface area contributed by atoms with Crippen LogP contribution in [0.15, 0.2) is 42.6 Å². The van der Waals surface area contributed by atoms with Gasteiger partial charge in [0.2, 0.25) is 0 Å². The number of hydrogen-bond donors (Lipinski definition) is 1. The highest BCUT2D eigenvalue weighted by atomic mass is 15.1. The molecule has 18 heavy (non-hydrogen) atoms. The van der Waals surface area contributed by atoms with Crippen molar-refractivity contribution in [3.8, 4) is 0 Å². The first kappa shape index (κ1) is 11.1. The first-order chi connectivity index (χ1) is 8.74. The van der Waals surface area contributed by atoms with Crippen LogP contribution in [0.2, 0.25) is 0 Å². The van der Waals surface area contributed by atoms with Crippen LogP contribution >= 0.6 is 0 Å². The molecule has 0 spiro atoms. The van der Waals surface area contributed by atoms with Crippen LogP contribution < -0.4 is 10.6 Å². The summed E-state index contributed by atoms with van der Waals surface area (Å²) in [5, 5.41) is 0. The van der Waals surface area contributed by atoms with E-state index in [-0.39, 0.29) is 0 Å². The van der Waals surface area contributed by atoms with E-state index < -0.39 is 0 Å². The monoisotopic (exact) mass is 239 g/mol. The molecule has 2 heterocycles. The van der Waals surface area contributed by atoms with E-state index in [1.54, 1.807) is 6.20 Å². The average Bonchev–Trinajstić information content (AvgIpc) is 2.37. The maximum Gasteiger partial charge on any atom is 0.125 e. The van der Waals surface area contributed by atoms with Crippen molar-refractivity contribution in [2.24, 2.45) is 5.92 Å². The summed E-state index contributed by atoms with van der Waals surface area (Å²) in [5.74, 6) is 1.22. The van der Waals surface area contributed by atoms with Crippen LogP contribution in [0.5, 0.6) is 0 Å². The van der Waals surface area contributed by atoms with Gasteiger partial charge in [0.05, 0.1) is 0 Å². The Morgan fingerprint density at radius 2 is 2.11 bits per heavy atom. The number of para-hydroxylation sites is 1. The Hall–Kier alpha value is -2.03. The summed E-state index contributed by atoms with van der Waals surface area (Å²) in [6, 6.07) is 12.5. The topological polar surface area (TPSA) is 42.2 Å². The predicted molar refractivity (Wildman–Crippen MR) is 75.0 cm³/mol. The molecule has 1 aliphatic heterocycles. The second-order valence-electron chi connectivity index (χ2n) is 4.99. The number of aromatic nitrogens is 1. The fourth-order valence-electron chi connectivity index (χ4n) is 2.65. The van der Waals surface area contributed by atoms with Gasteiger partial charge in [-0.3, -0.25) is 0 Å². The number of rotatable bonds is 1. The Morgan fingerprint density at radius 1 is 1.28 bits per heavy atom. The number of nitrogens with two attached hydrogens (primary N) is 1. The molecule has 1 aromatic carbocycles. The Balaban J connectivity index is 2.07. The van der Waals surface area contributed by atoms with Crippen LogP contribution in [-0.4, -0.2) is 11.5 Å². The standard InChI is InChI=1S/C15H17N3/c1-11-8-12-4-2-3-5-14(12)18(10-11)13-6-7-17-15(16)9-13/h2-7,9,11H,8,10H2,1H3,(H2,16,17). The maximum atomic E-state index is 5.78. The second kappa shape index (κ2) is 4.33. The van der Waals surface area contributed by atoms with Gasteiger partial charge in [-0.2, -0.15) is 0 Å². The summed E-state index contributed by atoms with van der Waals surface area (Å²) in [4.78, 5) is 6.40. The molecular formula is C15H17N3. The van der Waals surface area contributed by atoms with E-state index in [2.05, 4.69) is 41.1 Å². The van der Waals surface area contributed by atoms with Crippen molar-refractivity contribution in [2.45, 2.75) is 13.3 Å². The van der Waals surface area contributed by atoms with Crippen molar-refractivity contribution in [2.75, 3.05) is 17.2 Å². The molecular weight excluding hydrogens is 222 g/mol. The summed E-state index contributed by atoms with van der Waals surface area (Å²) in [7, 11) is 0. The maximum absolute atomic E-state index is 5.78. The lowest BCUT2D eigenvalue weighted by atomic mass is 9.93. The van der Waals surface area contributed by atoms with E-state index in [9.17, 15) is 0 Å². The largest absolute Gasteiger partial charge is 0.384 e. The summed E-state index contributed by atoms with van der Waals surface area (Å²) in [6.07, 6.45) is 2.92. The van der Waals surface area contributed by atoms with E-state index in [4.69, 9.17) is 5.73 Å². The number of benzene rings is 1. The van der Waals surface area contributed by atoms with Crippen molar-refractivity contribution in [1.82, 2.24) is 4.98 Å². The molecule has 1 unspecified atom stereocenters. The molecule has 2 N–H and O–H groups in total. The van der Waals surface area contributed by atoms with Gasteiger partial charge in [0.25, 0.3) is 0 Å². The first-order valence-electron chi connectivity index (χ1n) is 6.31. The molecule has 0 aliphatic carbocycles. The third-order valence-electron chi connectivity index (χ3n) is 3.42. The quantitative estimate of drug-likeness (QED) is 0.831. The van der Waals surface area contributed by atoms with Crippen LogP contribution in [-0.2, 0) is 6.42 Å². The smallest absolute Gasteiger partial charge is 0.125 e. The molecule has 0 bridgehead atoms. The molecule has 3 nitrogen and oxygen atoms in total. The van der Waals surface area contributed by atoms with E-state index in [0.717, 1.165) is 18.7 Å². The summed E-state index contributed by atoms with van der Waals surface area (Å²) >= 11 is 0. The molecule has 92 valence electrons. The van der Waals surface area contributed by atoms with Crippen molar-refractivity contribution in [1.29, 1.82) is 0 Å². The highest BCUT2D eigenvalue weighted by molar-refractivity contribution is 5.69. The minimum atomic E-state index is 0.572. The SMILES string of the molecule is CC1Cc2ccccc2N(c2ccnc(N)c2)C1. The summed E-state index contributed by atoms with van der Waals surface area (Å²) in [6.45, 7) is 3.31. The minimum absolute atomic E-state index is 0.572. The van der Waals surface area contributed by atoms with Crippen LogP contribution in [0, 0.1) is 5.92 Å². The summed E-state index contributed by atoms with van der Waals surface area (Å²) < 4.78 is 0. The molecule has 0 saturated heterocycles. The number of pyridine rings is 1. The average molecular weight is 239 g/mol. The van der Waals surface area contributed by atoms with Gasteiger partial charge in [0, 0.05) is 30.2 Å². The number of fused-ring (bicyclic) bond motifs is 1. The van der Waals surface area contributed by atoms with Crippen molar-refractivity contribution >= 4 is 17.2 Å². The first-order valence-corrected chi connectivity index (χ1v) is 6.31. The van der Waals surface area contributed by atoms with Gasteiger partial charge in [0.15, 0.2) is 0 Å². The lowest BCUT2D eigenvalue weighted by Crippen LogP contribution is -2.30. The van der Waals surface area contributed by atoms with Gasteiger partial charge < -0.3 is 10.6 Å². The molecule has 0 saturated carbocycles. The molecule has 1 aromatic heterocycles. The molecule has 1 aliphatic rings. The van der Waals surface area contributed by atoms with Gasteiger partial charge in [-0.15, -0.1) is 0 Å². The van der Waals surface area contributed by atoms with Crippen molar-refractivity contribution < 1.29 is 0 Å². The van der Waals surface area contributed by atoms with E-state index in [1.807, 2.05) is 12.1 Å². The molecule has 2 aromatic rings. The third kappa shape index (κ3) is 1.92. The highest BCUT2D eigenvalue weighted by Gasteiger charge is 2.22. The Bertz CT molecular complexity index is 565. The number of nitrogens with zero attached hydrogens (tertiary/aromatic N) is 2.